The third-order valence-electron chi connectivity index (χ3n) is 2.04. The Morgan fingerprint density at radius 2 is 2.29 bits per heavy atom. The maximum Gasteiger partial charge on any atom is 0.141 e. The van der Waals surface area contributed by atoms with Crippen molar-refractivity contribution in [3.8, 4) is 17.1 Å². The quantitative estimate of drug-likeness (QED) is 0.781. The van der Waals surface area contributed by atoms with Crippen molar-refractivity contribution in [2.75, 3.05) is 0 Å². The van der Waals surface area contributed by atoms with E-state index in [9.17, 15) is 5.11 Å². The van der Waals surface area contributed by atoms with Crippen LogP contribution < -0.4 is 0 Å². The van der Waals surface area contributed by atoms with Crippen molar-refractivity contribution >= 4 is 0 Å². The topological polar surface area (TPSA) is 50.9 Å². The second kappa shape index (κ2) is 3.49. The Morgan fingerprint density at radius 1 is 1.43 bits per heavy atom. The maximum absolute atomic E-state index is 9.28. The zero-order valence-corrected chi connectivity index (χ0v) is 7.88. The van der Waals surface area contributed by atoms with E-state index in [0.29, 0.717) is 0 Å². The third-order valence-corrected chi connectivity index (χ3v) is 2.04. The van der Waals surface area contributed by atoms with Crippen LogP contribution in [0.4, 0.5) is 0 Å². The van der Waals surface area contributed by atoms with Gasteiger partial charge in [-0.15, -0.1) is 0 Å². The Kier molecular flexibility index (Phi) is 2.18. The zero-order chi connectivity index (χ0) is 9.97. The average Bonchev–Trinajstić information content (AvgIpc) is 2.65. The molecule has 0 aliphatic rings. The molecule has 2 aromatic rings. The lowest BCUT2D eigenvalue weighted by Crippen LogP contribution is -1.96. The molecular weight excluding hydrogens is 178 g/mol. The van der Waals surface area contributed by atoms with Gasteiger partial charge >= 0.3 is 0 Å². The van der Waals surface area contributed by atoms with Crippen LogP contribution in [0.2, 0.25) is 0 Å². The van der Waals surface area contributed by atoms with Crippen molar-refractivity contribution < 1.29 is 5.11 Å². The van der Waals surface area contributed by atoms with E-state index in [1.165, 1.54) is 6.20 Å². The highest BCUT2D eigenvalue weighted by Gasteiger charge is 2.05. The lowest BCUT2D eigenvalue weighted by Gasteiger charge is -2.03. The SMILES string of the molecule is CCn1ccnc1-c1cncc(O)c1. The van der Waals surface area contributed by atoms with Gasteiger partial charge in [-0.25, -0.2) is 4.98 Å². The summed E-state index contributed by atoms with van der Waals surface area (Å²) < 4.78 is 2.00. The molecule has 2 rings (SSSR count). The minimum Gasteiger partial charge on any atom is -0.506 e. The summed E-state index contributed by atoms with van der Waals surface area (Å²) in [5.41, 5.74) is 0.830. The smallest absolute Gasteiger partial charge is 0.141 e. The number of pyridine rings is 1. The van der Waals surface area contributed by atoms with Crippen LogP contribution in [0, 0.1) is 0 Å². The van der Waals surface area contributed by atoms with Gasteiger partial charge in [0.25, 0.3) is 0 Å². The maximum atomic E-state index is 9.28. The molecule has 0 fully saturated rings. The summed E-state index contributed by atoms with van der Waals surface area (Å²) in [4.78, 5) is 8.12. The molecule has 2 aromatic heterocycles. The lowest BCUT2D eigenvalue weighted by atomic mass is 10.2. The highest BCUT2D eigenvalue weighted by molar-refractivity contribution is 5.55. The molecule has 2 heterocycles. The molecule has 0 radical (unpaired) electrons. The standard InChI is InChI=1S/C10H11N3O/c1-2-13-4-3-12-10(13)8-5-9(14)7-11-6-8/h3-7,14H,2H2,1H3. The predicted molar refractivity (Wildman–Crippen MR) is 52.8 cm³/mol. The van der Waals surface area contributed by atoms with Crippen molar-refractivity contribution in [2.24, 2.45) is 0 Å². The van der Waals surface area contributed by atoms with Crippen molar-refractivity contribution in [3.63, 3.8) is 0 Å². The Morgan fingerprint density at radius 3 is 3.00 bits per heavy atom. The van der Waals surface area contributed by atoms with E-state index in [-0.39, 0.29) is 5.75 Å². The Balaban J connectivity index is 2.49. The summed E-state index contributed by atoms with van der Waals surface area (Å²) in [6, 6.07) is 1.65. The van der Waals surface area contributed by atoms with Crippen molar-refractivity contribution in [3.05, 3.63) is 30.9 Å². The van der Waals surface area contributed by atoms with E-state index in [0.717, 1.165) is 17.9 Å². The van der Waals surface area contributed by atoms with E-state index in [2.05, 4.69) is 9.97 Å². The molecule has 0 unspecified atom stereocenters. The molecule has 0 aliphatic carbocycles. The first kappa shape index (κ1) is 8.74. The van der Waals surface area contributed by atoms with Crippen LogP contribution in [0.25, 0.3) is 11.4 Å². The van der Waals surface area contributed by atoms with E-state index >= 15 is 0 Å². The van der Waals surface area contributed by atoms with Crippen LogP contribution in [0.15, 0.2) is 30.9 Å². The summed E-state index contributed by atoms with van der Waals surface area (Å²) in [6.07, 6.45) is 6.74. The summed E-state index contributed by atoms with van der Waals surface area (Å²) in [6.45, 7) is 2.90. The van der Waals surface area contributed by atoms with Gasteiger partial charge in [0.15, 0.2) is 0 Å². The van der Waals surface area contributed by atoms with Crippen LogP contribution in [-0.2, 0) is 6.54 Å². The number of aryl methyl sites for hydroxylation is 1. The second-order valence-corrected chi connectivity index (χ2v) is 2.97. The van der Waals surface area contributed by atoms with E-state index in [4.69, 9.17) is 0 Å². The van der Waals surface area contributed by atoms with Crippen LogP contribution in [0.1, 0.15) is 6.92 Å². The Hall–Kier alpha value is -1.84. The van der Waals surface area contributed by atoms with Crippen LogP contribution in [0.5, 0.6) is 5.75 Å². The summed E-state index contributed by atoms with van der Waals surface area (Å²) >= 11 is 0. The van der Waals surface area contributed by atoms with E-state index < -0.39 is 0 Å². The molecule has 0 aromatic carbocycles. The highest BCUT2D eigenvalue weighted by Crippen LogP contribution is 2.19. The Labute approximate surface area is 81.9 Å². The van der Waals surface area contributed by atoms with Crippen molar-refractivity contribution in [1.82, 2.24) is 14.5 Å². The van der Waals surface area contributed by atoms with E-state index in [1.807, 2.05) is 17.7 Å². The lowest BCUT2D eigenvalue weighted by molar-refractivity contribution is 0.473. The van der Waals surface area contributed by atoms with Gasteiger partial charge in [0, 0.05) is 30.7 Å². The molecular formula is C10H11N3O. The highest BCUT2D eigenvalue weighted by atomic mass is 16.3. The molecule has 1 N–H and O–H groups in total. The number of nitrogens with zero attached hydrogens (tertiary/aromatic N) is 3. The minimum atomic E-state index is 0.160. The molecule has 4 heteroatoms. The number of aromatic nitrogens is 3. The first-order chi connectivity index (χ1) is 6.81. The molecule has 14 heavy (non-hydrogen) atoms. The van der Waals surface area contributed by atoms with Gasteiger partial charge in [0.2, 0.25) is 0 Å². The summed E-state index contributed by atoms with van der Waals surface area (Å²) in [5.74, 6) is 0.990. The van der Waals surface area contributed by atoms with Gasteiger partial charge in [-0.1, -0.05) is 0 Å². The molecule has 0 saturated heterocycles. The number of rotatable bonds is 2. The zero-order valence-electron chi connectivity index (χ0n) is 7.88. The number of imidazole rings is 1. The fourth-order valence-electron chi connectivity index (χ4n) is 1.37. The molecule has 0 bridgehead atoms. The van der Waals surface area contributed by atoms with Crippen LogP contribution in [-0.4, -0.2) is 19.6 Å². The molecule has 0 aliphatic heterocycles. The molecule has 4 nitrogen and oxygen atoms in total. The monoisotopic (exact) mass is 189 g/mol. The van der Waals surface area contributed by atoms with Gasteiger partial charge in [0.05, 0.1) is 6.20 Å². The molecule has 0 amide bonds. The van der Waals surface area contributed by atoms with Gasteiger partial charge in [-0.05, 0) is 13.0 Å². The first-order valence-corrected chi connectivity index (χ1v) is 4.46. The van der Waals surface area contributed by atoms with Crippen molar-refractivity contribution in [1.29, 1.82) is 0 Å². The number of hydrogen-bond donors (Lipinski definition) is 1. The largest absolute Gasteiger partial charge is 0.506 e. The van der Waals surface area contributed by atoms with Gasteiger partial charge < -0.3 is 9.67 Å². The number of aromatic hydroxyl groups is 1. The van der Waals surface area contributed by atoms with Gasteiger partial charge in [-0.2, -0.15) is 0 Å². The van der Waals surface area contributed by atoms with Crippen molar-refractivity contribution in [2.45, 2.75) is 13.5 Å². The predicted octanol–water partition coefficient (Wildman–Crippen LogP) is 1.67. The third kappa shape index (κ3) is 1.46. The average molecular weight is 189 g/mol. The molecule has 0 saturated carbocycles. The summed E-state index contributed by atoms with van der Waals surface area (Å²) in [5, 5.41) is 9.28. The number of hydrogen-bond acceptors (Lipinski definition) is 3. The molecule has 0 spiro atoms. The normalized spacial score (nSPS) is 10.4. The van der Waals surface area contributed by atoms with Gasteiger partial charge in [0.1, 0.15) is 11.6 Å². The molecule has 72 valence electrons. The Bertz CT molecular complexity index is 436. The molecule has 0 atom stereocenters. The van der Waals surface area contributed by atoms with Crippen LogP contribution >= 0.6 is 0 Å². The van der Waals surface area contributed by atoms with Crippen LogP contribution in [0.3, 0.4) is 0 Å². The minimum absolute atomic E-state index is 0.160. The van der Waals surface area contributed by atoms with E-state index in [1.54, 1.807) is 18.5 Å². The fraction of sp³-hybridized carbons (Fsp3) is 0.200. The first-order valence-electron chi connectivity index (χ1n) is 4.46. The second-order valence-electron chi connectivity index (χ2n) is 2.97. The van der Waals surface area contributed by atoms with Gasteiger partial charge in [-0.3, -0.25) is 4.98 Å². The fourth-order valence-corrected chi connectivity index (χ4v) is 1.37. The summed E-state index contributed by atoms with van der Waals surface area (Å²) in [7, 11) is 0.